The minimum absolute atomic E-state index is 0.0391. The minimum Gasteiger partial charge on any atom is -0.376 e. The standard InChI is InChI=1S/C19H24N2O3/c22-19(18-11-14-5-1-2-8-17(14)20-18)21(12-15-6-3-9-23-15)13-16-7-4-10-24-16/h1-2,5,8,11,15-16,20H,3-4,6-7,9-10,12-13H2/t15-,16-/m1/s1. The second kappa shape index (κ2) is 6.95. The molecule has 1 aromatic carbocycles. The number of benzene rings is 1. The van der Waals surface area contributed by atoms with Crippen LogP contribution >= 0.6 is 0 Å². The lowest BCUT2D eigenvalue weighted by atomic mass is 10.2. The van der Waals surface area contributed by atoms with Gasteiger partial charge in [-0.05, 0) is 37.8 Å². The van der Waals surface area contributed by atoms with E-state index in [0.29, 0.717) is 18.8 Å². The molecule has 2 atom stereocenters. The molecule has 5 heteroatoms. The van der Waals surface area contributed by atoms with Crippen molar-refractivity contribution >= 4 is 16.8 Å². The number of nitrogens with zero attached hydrogens (tertiary/aromatic N) is 1. The monoisotopic (exact) mass is 328 g/mol. The molecule has 2 aromatic rings. The molecule has 2 aliphatic rings. The van der Waals surface area contributed by atoms with E-state index in [0.717, 1.165) is 49.8 Å². The second-order valence-electron chi connectivity index (χ2n) is 6.75. The number of aromatic nitrogens is 1. The Hall–Kier alpha value is -1.85. The van der Waals surface area contributed by atoms with Crippen LogP contribution in [0.15, 0.2) is 30.3 Å². The van der Waals surface area contributed by atoms with E-state index in [-0.39, 0.29) is 18.1 Å². The van der Waals surface area contributed by atoms with E-state index in [1.165, 1.54) is 0 Å². The number of hydrogen-bond acceptors (Lipinski definition) is 3. The van der Waals surface area contributed by atoms with E-state index >= 15 is 0 Å². The third-order valence-corrected chi connectivity index (χ3v) is 4.94. The van der Waals surface area contributed by atoms with Gasteiger partial charge in [-0.25, -0.2) is 0 Å². The zero-order valence-corrected chi connectivity index (χ0v) is 13.9. The quantitative estimate of drug-likeness (QED) is 0.918. The van der Waals surface area contributed by atoms with Crippen molar-refractivity contribution in [1.29, 1.82) is 0 Å². The number of hydrogen-bond donors (Lipinski definition) is 1. The Bertz CT molecular complexity index is 648. The van der Waals surface area contributed by atoms with Crippen molar-refractivity contribution in [2.45, 2.75) is 37.9 Å². The van der Waals surface area contributed by atoms with Gasteiger partial charge in [-0.2, -0.15) is 0 Å². The molecule has 2 aliphatic heterocycles. The van der Waals surface area contributed by atoms with E-state index < -0.39 is 0 Å². The van der Waals surface area contributed by atoms with E-state index in [1.807, 2.05) is 35.2 Å². The van der Waals surface area contributed by atoms with Crippen molar-refractivity contribution in [3.63, 3.8) is 0 Å². The van der Waals surface area contributed by atoms with Crippen LogP contribution in [0.4, 0.5) is 0 Å². The lowest BCUT2D eigenvalue weighted by Crippen LogP contribution is -2.42. The number of H-pyrrole nitrogens is 1. The molecule has 2 fully saturated rings. The predicted octanol–water partition coefficient (Wildman–Crippen LogP) is 2.97. The van der Waals surface area contributed by atoms with E-state index in [2.05, 4.69) is 4.98 Å². The number of rotatable bonds is 5. The Balaban J connectivity index is 1.54. The van der Waals surface area contributed by atoms with Crippen LogP contribution in [0, 0.1) is 0 Å². The first-order valence-electron chi connectivity index (χ1n) is 8.90. The Labute approximate surface area is 141 Å². The maximum Gasteiger partial charge on any atom is 0.270 e. The highest BCUT2D eigenvalue weighted by Gasteiger charge is 2.28. The van der Waals surface area contributed by atoms with Crippen LogP contribution in [0.5, 0.6) is 0 Å². The lowest BCUT2D eigenvalue weighted by molar-refractivity contribution is 0.0305. The molecular weight excluding hydrogens is 304 g/mol. The smallest absolute Gasteiger partial charge is 0.270 e. The molecule has 0 bridgehead atoms. The third kappa shape index (κ3) is 3.32. The molecule has 1 N–H and O–H groups in total. The van der Waals surface area contributed by atoms with Crippen LogP contribution < -0.4 is 0 Å². The van der Waals surface area contributed by atoms with Crippen molar-refractivity contribution in [3.8, 4) is 0 Å². The summed E-state index contributed by atoms with van der Waals surface area (Å²) in [5, 5.41) is 1.06. The summed E-state index contributed by atoms with van der Waals surface area (Å²) in [6.07, 6.45) is 4.53. The first-order chi connectivity index (χ1) is 11.8. The number of fused-ring (bicyclic) bond motifs is 1. The Morgan fingerprint density at radius 2 is 1.75 bits per heavy atom. The Morgan fingerprint density at radius 3 is 2.33 bits per heavy atom. The van der Waals surface area contributed by atoms with Crippen molar-refractivity contribution in [2.75, 3.05) is 26.3 Å². The number of aromatic amines is 1. The number of ether oxygens (including phenoxy) is 2. The Morgan fingerprint density at radius 1 is 1.08 bits per heavy atom. The van der Waals surface area contributed by atoms with Gasteiger partial charge in [0.1, 0.15) is 5.69 Å². The van der Waals surface area contributed by atoms with Gasteiger partial charge in [0.2, 0.25) is 0 Å². The van der Waals surface area contributed by atoms with Crippen LogP contribution in [0.25, 0.3) is 10.9 Å². The molecule has 0 radical (unpaired) electrons. The van der Waals surface area contributed by atoms with Gasteiger partial charge in [0.25, 0.3) is 5.91 Å². The second-order valence-corrected chi connectivity index (χ2v) is 6.75. The largest absolute Gasteiger partial charge is 0.376 e. The van der Waals surface area contributed by atoms with Gasteiger partial charge in [-0.3, -0.25) is 4.79 Å². The van der Waals surface area contributed by atoms with Crippen molar-refractivity contribution in [3.05, 3.63) is 36.0 Å². The number of carbonyl (C=O) groups excluding carboxylic acids is 1. The SMILES string of the molecule is O=C(c1cc2ccccc2[nH]1)N(C[C@H]1CCCO1)C[C@H]1CCCO1. The van der Waals surface area contributed by atoms with Gasteiger partial charge >= 0.3 is 0 Å². The van der Waals surface area contributed by atoms with E-state index in [4.69, 9.17) is 9.47 Å². The molecule has 0 spiro atoms. The highest BCUT2D eigenvalue weighted by Crippen LogP contribution is 2.21. The van der Waals surface area contributed by atoms with E-state index in [9.17, 15) is 4.79 Å². The van der Waals surface area contributed by atoms with Gasteiger partial charge in [0.15, 0.2) is 0 Å². The molecule has 0 aliphatic carbocycles. The third-order valence-electron chi connectivity index (χ3n) is 4.94. The van der Waals surface area contributed by atoms with Crippen molar-refractivity contribution < 1.29 is 14.3 Å². The average molecular weight is 328 g/mol. The highest BCUT2D eigenvalue weighted by molar-refractivity contribution is 5.98. The fourth-order valence-electron chi connectivity index (χ4n) is 3.67. The van der Waals surface area contributed by atoms with E-state index in [1.54, 1.807) is 0 Å². The van der Waals surface area contributed by atoms with Crippen LogP contribution in [-0.4, -0.2) is 54.3 Å². The summed E-state index contributed by atoms with van der Waals surface area (Å²) >= 11 is 0. The summed E-state index contributed by atoms with van der Waals surface area (Å²) in [4.78, 5) is 18.2. The molecule has 3 heterocycles. The molecule has 5 nitrogen and oxygen atoms in total. The summed E-state index contributed by atoms with van der Waals surface area (Å²) in [6.45, 7) is 2.90. The Kier molecular flexibility index (Phi) is 4.54. The normalized spacial score (nSPS) is 23.8. The number of para-hydroxylation sites is 1. The van der Waals surface area contributed by atoms with Crippen molar-refractivity contribution in [1.82, 2.24) is 9.88 Å². The van der Waals surface area contributed by atoms with Crippen molar-refractivity contribution in [2.24, 2.45) is 0 Å². The topological polar surface area (TPSA) is 54.6 Å². The zero-order valence-electron chi connectivity index (χ0n) is 13.9. The summed E-state index contributed by atoms with van der Waals surface area (Å²) in [6, 6.07) is 9.92. The molecule has 24 heavy (non-hydrogen) atoms. The average Bonchev–Trinajstić information content (AvgIpc) is 3.34. The molecule has 2 saturated heterocycles. The summed E-state index contributed by atoms with van der Waals surface area (Å²) < 4.78 is 11.5. The summed E-state index contributed by atoms with van der Waals surface area (Å²) in [7, 11) is 0. The molecule has 0 saturated carbocycles. The lowest BCUT2D eigenvalue weighted by Gasteiger charge is -2.27. The first-order valence-corrected chi connectivity index (χ1v) is 8.90. The number of amides is 1. The highest BCUT2D eigenvalue weighted by atomic mass is 16.5. The van der Waals surface area contributed by atoms with Crippen LogP contribution in [0.3, 0.4) is 0 Å². The van der Waals surface area contributed by atoms with Gasteiger partial charge < -0.3 is 19.4 Å². The number of carbonyl (C=O) groups is 1. The van der Waals surface area contributed by atoms with Gasteiger partial charge in [-0.1, -0.05) is 18.2 Å². The van der Waals surface area contributed by atoms with Crippen LogP contribution in [0.1, 0.15) is 36.2 Å². The van der Waals surface area contributed by atoms with Gasteiger partial charge in [0.05, 0.1) is 12.2 Å². The predicted molar refractivity (Wildman–Crippen MR) is 92.2 cm³/mol. The molecule has 1 aromatic heterocycles. The van der Waals surface area contributed by atoms with Crippen LogP contribution in [-0.2, 0) is 9.47 Å². The summed E-state index contributed by atoms with van der Waals surface area (Å²) in [5.74, 6) is 0.0391. The fourth-order valence-corrected chi connectivity index (χ4v) is 3.67. The molecule has 128 valence electrons. The van der Waals surface area contributed by atoms with Gasteiger partial charge in [0, 0.05) is 37.2 Å². The van der Waals surface area contributed by atoms with Crippen LogP contribution in [0.2, 0.25) is 0 Å². The van der Waals surface area contributed by atoms with Gasteiger partial charge in [-0.15, -0.1) is 0 Å². The zero-order chi connectivity index (χ0) is 16.4. The first kappa shape index (κ1) is 15.7. The molecule has 1 amide bonds. The molecule has 0 unspecified atom stereocenters. The fraction of sp³-hybridized carbons (Fsp3) is 0.526. The maximum atomic E-state index is 13.1. The minimum atomic E-state index is 0.0391. The number of nitrogens with one attached hydrogen (secondary N) is 1. The maximum absolute atomic E-state index is 13.1. The molecular formula is C19H24N2O3. The molecule has 4 rings (SSSR count). The summed E-state index contributed by atoms with van der Waals surface area (Å²) in [5.41, 5.74) is 1.64.